The van der Waals surface area contributed by atoms with Gasteiger partial charge in [0.15, 0.2) is 0 Å². The summed E-state index contributed by atoms with van der Waals surface area (Å²) in [4.78, 5) is 26.6. The van der Waals surface area contributed by atoms with Gasteiger partial charge in [0, 0.05) is 23.7 Å². The fraction of sp³-hybridized carbons (Fsp3) is 0.200. The molecule has 1 unspecified atom stereocenters. The van der Waals surface area contributed by atoms with Crippen LogP contribution in [0.3, 0.4) is 0 Å². The number of Topliss-reactive ketones (excluding diaryl/α,β-unsaturated/α-hetero) is 1. The SMILES string of the molecule is O=C1C(=O)N(CCCO)C(c2ccc(Cl)cc2)/C1=C(/O)c1ccccc1. The van der Waals surface area contributed by atoms with E-state index < -0.39 is 17.7 Å². The molecule has 1 heterocycles. The minimum atomic E-state index is -0.732. The van der Waals surface area contributed by atoms with Crippen LogP contribution in [-0.2, 0) is 9.59 Å². The first-order valence-electron chi connectivity index (χ1n) is 8.24. The second-order valence-corrected chi connectivity index (χ2v) is 6.42. The van der Waals surface area contributed by atoms with Crippen LogP contribution in [0.2, 0.25) is 5.02 Å². The van der Waals surface area contributed by atoms with Gasteiger partial charge in [-0.2, -0.15) is 0 Å². The first-order chi connectivity index (χ1) is 12.5. The van der Waals surface area contributed by atoms with E-state index in [4.69, 9.17) is 16.7 Å². The lowest BCUT2D eigenvalue weighted by Gasteiger charge is -2.25. The Morgan fingerprint density at radius 3 is 2.31 bits per heavy atom. The van der Waals surface area contributed by atoms with Gasteiger partial charge in [-0.05, 0) is 24.1 Å². The third-order valence-electron chi connectivity index (χ3n) is 4.33. The van der Waals surface area contributed by atoms with Gasteiger partial charge in [-0.25, -0.2) is 0 Å². The molecule has 5 nitrogen and oxygen atoms in total. The summed E-state index contributed by atoms with van der Waals surface area (Å²) >= 11 is 5.95. The summed E-state index contributed by atoms with van der Waals surface area (Å²) in [5, 5.41) is 20.4. The van der Waals surface area contributed by atoms with E-state index in [-0.39, 0.29) is 24.5 Å². The van der Waals surface area contributed by atoms with Gasteiger partial charge in [0.05, 0.1) is 11.6 Å². The van der Waals surface area contributed by atoms with Crippen LogP contribution in [0.15, 0.2) is 60.2 Å². The van der Waals surface area contributed by atoms with Crippen molar-refractivity contribution < 1.29 is 19.8 Å². The lowest BCUT2D eigenvalue weighted by Crippen LogP contribution is -2.31. The zero-order chi connectivity index (χ0) is 18.7. The van der Waals surface area contributed by atoms with Crippen molar-refractivity contribution in [1.29, 1.82) is 0 Å². The van der Waals surface area contributed by atoms with Gasteiger partial charge in [0.1, 0.15) is 5.76 Å². The molecular formula is C20H18ClNO4. The van der Waals surface area contributed by atoms with E-state index in [1.54, 1.807) is 54.6 Å². The van der Waals surface area contributed by atoms with E-state index in [0.717, 1.165) is 0 Å². The summed E-state index contributed by atoms with van der Waals surface area (Å²) in [7, 11) is 0. The highest BCUT2D eigenvalue weighted by molar-refractivity contribution is 6.46. The Labute approximate surface area is 156 Å². The molecule has 0 aromatic heterocycles. The van der Waals surface area contributed by atoms with Crippen molar-refractivity contribution in [2.75, 3.05) is 13.2 Å². The highest BCUT2D eigenvalue weighted by Gasteiger charge is 2.45. The molecule has 0 bridgehead atoms. The number of halogens is 1. The Bertz CT molecular complexity index is 846. The minimum Gasteiger partial charge on any atom is -0.507 e. The van der Waals surface area contributed by atoms with Gasteiger partial charge in [0.25, 0.3) is 11.7 Å². The van der Waals surface area contributed by atoms with Crippen molar-refractivity contribution >= 4 is 29.1 Å². The number of carbonyl (C=O) groups excluding carboxylic acids is 2. The molecule has 0 spiro atoms. The highest BCUT2D eigenvalue weighted by Crippen LogP contribution is 2.39. The van der Waals surface area contributed by atoms with Crippen molar-refractivity contribution in [3.05, 3.63) is 76.3 Å². The number of nitrogens with zero attached hydrogens (tertiary/aromatic N) is 1. The van der Waals surface area contributed by atoms with Gasteiger partial charge in [-0.1, -0.05) is 54.1 Å². The molecule has 2 aromatic rings. The second-order valence-electron chi connectivity index (χ2n) is 5.99. The van der Waals surface area contributed by atoms with Crippen molar-refractivity contribution in [3.8, 4) is 0 Å². The molecule has 0 saturated carbocycles. The maximum Gasteiger partial charge on any atom is 0.295 e. The molecule has 1 fully saturated rings. The van der Waals surface area contributed by atoms with Crippen LogP contribution in [0, 0.1) is 0 Å². The van der Waals surface area contributed by atoms with Crippen LogP contribution in [0.25, 0.3) is 5.76 Å². The van der Waals surface area contributed by atoms with Gasteiger partial charge in [-0.15, -0.1) is 0 Å². The molecule has 1 atom stereocenters. The maximum atomic E-state index is 12.6. The molecule has 134 valence electrons. The van der Waals surface area contributed by atoms with Crippen LogP contribution in [0.5, 0.6) is 0 Å². The monoisotopic (exact) mass is 371 g/mol. The Morgan fingerprint density at radius 2 is 1.69 bits per heavy atom. The normalized spacial score (nSPS) is 19.2. The lowest BCUT2D eigenvalue weighted by molar-refractivity contribution is -0.140. The molecule has 0 radical (unpaired) electrons. The molecule has 6 heteroatoms. The maximum absolute atomic E-state index is 12.6. The number of aliphatic hydroxyl groups is 2. The van der Waals surface area contributed by atoms with E-state index in [1.807, 2.05) is 0 Å². The summed E-state index contributed by atoms with van der Waals surface area (Å²) in [5.74, 6) is -1.63. The number of benzene rings is 2. The first-order valence-corrected chi connectivity index (χ1v) is 8.62. The van der Waals surface area contributed by atoms with Crippen molar-refractivity contribution in [2.45, 2.75) is 12.5 Å². The van der Waals surface area contributed by atoms with E-state index in [9.17, 15) is 14.7 Å². The van der Waals surface area contributed by atoms with Gasteiger partial charge in [0.2, 0.25) is 0 Å². The lowest BCUT2D eigenvalue weighted by atomic mass is 9.95. The van der Waals surface area contributed by atoms with Crippen LogP contribution >= 0.6 is 11.6 Å². The average Bonchev–Trinajstić information content (AvgIpc) is 2.91. The number of carbonyl (C=O) groups is 2. The predicted octanol–water partition coefficient (Wildman–Crippen LogP) is 3.14. The molecular weight excluding hydrogens is 354 g/mol. The topological polar surface area (TPSA) is 77.8 Å². The van der Waals surface area contributed by atoms with Crippen molar-refractivity contribution in [3.63, 3.8) is 0 Å². The number of hydrogen-bond donors (Lipinski definition) is 2. The number of aliphatic hydroxyl groups excluding tert-OH is 2. The van der Waals surface area contributed by atoms with Crippen molar-refractivity contribution in [1.82, 2.24) is 4.90 Å². The molecule has 1 aliphatic heterocycles. The number of ketones is 1. The number of hydrogen-bond acceptors (Lipinski definition) is 4. The third kappa shape index (κ3) is 3.36. The molecule has 1 saturated heterocycles. The molecule has 2 N–H and O–H groups in total. The number of amides is 1. The zero-order valence-electron chi connectivity index (χ0n) is 13.9. The highest BCUT2D eigenvalue weighted by atomic mass is 35.5. The predicted molar refractivity (Wildman–Crippen MR) is 98.6 cm³/mol. The summed E-state index contributed by atoms with van der Waals surface area (Å²) in [6.07, 6.45) is 0.336. The minimum absolute atomic E-state index is 0.0430. The van der Waals surface area contributed by atoms with Gasteiger partial charge >= 0.3 is 0 Å². The quantitative estimate of drug-likeness (QED) is 0.481. The Balaban J connectivity index is 2.15. The van der Waals surface area contributed by atoms with Crippen molar-refractivity contribution in [2.24, 2.45) is 0 Å². The number of rotatable bonds is 5. The molecule has 0 aliphatic carbocycles. The first kappa shape index (κ1) is 18.2. The fourth-order valence-electron chi connectivity index (χ4n) is 3.09. The Hall–Kier alpha value is -2.63. The molecule has 1 amide bonds. The smallest absolute Gasteiger partial charge is 0.295 e. The van der Waals surface area contributed by atoms with Crippen LogP contribution < -0.4 is 0 Å². The fourth-order valence-corrected chi connectivity index (χ4v) is 3.22. The number of likely N-dealkylation sites (tertiary alicyclic amines) is 1. The molecule has 1 aliphatic rings. The van der Waals surface area contributed by atoms with Gasteiger partial charge < -0.3 is 15.1 Å². The standard InChI is InChI=1S/C20H18ClNO4/c21-15-9-7-13(8-10-15)17-16(18(24)14-5-2-1-3-6-14)19(25)20(26)22(17)11-4-12-23/h1-3,5-10,17,23-24H,4,11-12H2/b18-16-. The summed E-state index contributed by atoms with van der Waals surface area (Å²) in [6.45, 7) is 0.106. The van der Waals surface area contributed by atoms with Crippen LogP contribution in [0.1, 0.15) is 23.6 Å². The van der Waals surface area contributed by atoms with Crippen LogP contribution in [-0.4, -0.2) is 40.0 Å². The van der Waals surface area contributed by atoms with Gasteiger partial charge in [-0.3, -0.25) is 9.59 Å². The summed E-state index contributed by atoms with van der Waals surface area (Å²) < 4.78 is 0. The Morgan fingerprint density at radius 1 is 1.04 bits per heavy atom. The summed E-state index contributed by atoms with van der Waals surface area (Å²) in [6, 6.07) is 14.7. The Kier molecular flexibility index (Phi) is 5.40. The molecule has 26 heavy (non-hydrogen) atoms. The second kappa shape index (κ2) is 7.72. The summed E-state index contributed by atoms with van der Waals surface area (Å²) in [5.41, 5.74) is 1.18. The molecule has 3 rings (SSSR count). The third-order valence-corrected chi connectivity index (χ3v) is 4.58. The van der Waals surface area contributed by atoms with E-state index in [0.29, 0.717) is 22.6 Å². The average molecular weight is 372 g/mol. The zero-order valence-corrected chi connectivity index (χ0v) is 14.7. The van der Waals surface area contributed by atoms with E-state index in [1.165, 1.54) is 4.90 Å². The van der Waals surface area contributed by atoms with E-state index >= 15 is 0 Å². The largest absolute Gasteiger partial charge is 0.507 e. The van der Waals surface area contributed by atoms with E-state index in [2.05, 4.69) is 0 Å². The van der Waals surface area contributed by atoms with Crippen LogP contribution in [0.4, 0.5) is 0 Å². The molecule has 2 aromatic carbocycles.